The van der Waals surface area contributed by atoms with E-state index in [2.05, 4.69) is 0 Å². The van der Waals surface area contributed by atoms with Gasteiger partial charge < -0.3 is 14.2 Å². The highest BCUT2D eigenvalue weighted by Crippen LogP contribution is 2.31. The fourth-order valence-corrected chi connectivity index (χ4v) is 1.43. The number of hydrogen-bond acceptors (Lipinski definition) is 6. The Morgan fingerprint density at radius 3 is 2.37 bits per heavy atom. The van der Waals surface area contributed by atoms with Gasteiger partial charge in [-0.05, 0) is 12.1 Å². The van der Waals surface area contributed by atoms with Gasteiger partial charge in [-0.15, -0.1) is 0 Å². The zero-order valence-corrected chi connectivity index (χ0v) is 10.8. The molecule has 0 aromatic heterocycles. The van der Waals surface area contributed by atoms with Gasteiger partial charge in [0, 0.05) is 19.4 Å². The number of benzene rings is 1. The summed E-state index contributed by atoms with van der Waals surface area (Å²) in [7, 11) is 1.43. The Balaban J connectivity index is 3.12. The lowest BCUT2D eigenvalue weighted by Gasteiger charge is -2.13. The second-order valence-electron chi connectivity index (χ2n) is 3.62. The zero-order chi connectivity index (χ0) is 14.4. The molecule has 0 bridgehead atoms. The fraction of sp³-hybridized carbons (Fsp3) is 0.308. The van der Waals surface area contributed by atoms with Crippen molar-refractivity contribution in [2.24, 2.45) is 0 Å². The molecular formula is C13H13NO5. The lowest BCUT2D eigenvalue weighted by atomic mass is 10.1. The maximum Gasteiger partial charge on any atom is 0.308 e. The van der Waals surface area contributed by atoms with Crippen molar-refractivity contribution in [3.8, 4) is 17.6 Å². The van der Waals surface area contributed by atoms with Crippen molar-refractivity contribution in [3.05, 3.63) is 23.8 Å². The molecule has 0 N–H and O–H groups in total. The Labute approximate surface area is 110 Å². The number of carbonyl (C=O) groups excluding carboxylic acids is 2. The first-order valence-electron chi connectivity index (χ1n) is 5.41. The van der Waals surface area contributed by atoms with Gasteiger partial charge in [0.05, 0.1) is 7.11 Å². The summed E-state index contributed by atoms with van der Waals surface area (Å²) in [5.74, 6) is -0.578. The van der Waals surface area contributed by atoms with E-state index in [-0.39, 0.29) is 5.75 Å². The first-order chi connectivity index (χ1) is 8.97. The summed E-state index contributed by atoms with van der Waals surface area (Å²) in [4.78, 5) is 21.9. The van der Waals surface area contributed by atoms with Crippen LogP contribution >= 0.6 is 0 Å². The van der Waals surface area contributed by atoms with Crippen LogP contribution in [0.4, 0.5) is 0 Å². The molecule has 0 heterocycles. The summed E-state index contributed by atoms with van der Waals surface area (Å²) < 4.78 is 14.8. The summed E-state index contributed by atoms with van der Waals surface area (Å²) in [5, 5.41) is 8.96. The van der Waals surface area contributed by atoms with Crippen molar-refractivity contribution in [2.75, 3.05) is 7.11 Å². The fourth-order valence-electron chi connectivity index (χ4n) is 1.43. The Morgan fingerprint density at radius 1 is 1.21 bits per heavy atom. The number of nitriles is 1. The van der Waals surface area contributed by atoms with Crippen molar-refractivity contribution in [1.29, 1.82) is 5.26 Å². The first-order valence-corrected chi connectivity index (χ1v) is 5.41. The molecule has 0 aliphatic rings. The lowest BCUT2D eigenvalue weighted by molar-refractivity contribution is -0.144. The molecule has 6 heteroatoms. The Bertz CT molecular complexity index is 532. The minimum Gasteiger partial charge on any atom is -0.493 e. The number of rotatable bonds is 4. The van der Waals surface area contributed by atoms with Crippen molar-refractivity contribution in [3.63, 3.8) is 0 Å². The minimum absolute atomic E-state index is 0.167. The third kappa shape index (κ3) is 4.00. The van der Waals surface area contributed by atoms with Crippen molar-refractivity contribution >= 4 is 11.9 Å². The van der Waals surface area contributed by atoms with Crippen LogP contribution in [0.2, 0.25) is 0 Å². The van der Waals surface area contributed by atoms with Gasteiger partial charge >= 0.3 is 11.9 Å². The number of nitrogens with zero attached hydrogens (tertiary/aromatic N) is 1. The van der Waals surface area contributed by atoms with Crippen LogP contribution in [-0.2, 0) is 14.3 Å². The number of esters is 2. The summed E-state index contributed by atoms with van der Waals surface area (Å²) in [5.41, 5.74) is 0.398. The van der Waals surface area contributed by atoms with E-state index in [1.165, 1.54) is 33.1 Å². The molecule has 6 nitrogen and oxygen atoms in total. The standard InChI is InChI=1S/C13H13NO5/c1-8(15)18-12-6-10(4-5-11(12)17-3)13(7-14)19-9(2)16/h4-6,13H,1-3H3/t13-/m0/s1. The summed E-state index contributed by atoms with van der Waals surface area (Å²) in [6.45, 7) is 2.46. The molecule has 1 aromatic carbocycles. The predicted octanol–water partition coefficient (Wildman–Crippen LogP) is 1.75. The van der Waals surface area contributed by atoms with Crippen molar-refractivity contribution in [1.82, 2.24) is 0 Å². The minimum atomic E-state index is -1.06. The number of carbonyl (C=O) groups is 2. The molecule has 0 amide bonds. The molecule has 1 rings (SSSR count). The highest BCUT2D eigenvalue weighted by Gasteiger charge is 2.17. The van der Waals surface area contributed by atoms with E-state index in [4.69, 9.17) is 19.5 Å². The Morgan fingerprint density at radius 2 is 1.89 bits per heavy atom. The van der Waals surface area contributed by atoms with E-state index in [1.807, 2.05) is 6.07 Å². The van der Waals surface area contributed by atoms with Gasteiger partial charge in [0.2, 0.25) is 6.10 Å². The lowest BCUT2D eigenvalue weighted by Crippen LogP contribution is -2.08. The van der Waals surface area contributed by atoms with Crippen LogP contribution in [0.5, 0.6) is 11.5 Å². The average Bonchev–Trinajstić information content (AvgIpc) is 2.35. The molecule has 0 saturated heterocycles. The average molecular weight is 263 g/mol. The topological polar surface area (TPSA) is 85.6 Å². The summed E-state index contributed by atoms with van der Waals surface area (Å²) in [6, 6.07) is 6.36. The molecule has 19 heavy (non-hydrogen) atoms. The molecule has 100 valence electrons. The largest absolute Gasteiger partial charge is 0.493 e. The van der Waals surface area contributed by atoms with Crippen LogP contribution in [0.3, 0.4) is 0 Å². The quantitative estimate of drug-likeness (QED) is 0.607. The van der Waals surface area contributed by atoms with E-state index < -0.39 is 18.0 Å². The smallest absolute Gasteiger partial charge is 0.308 e. The van der Waals surface area contributed by atoms with Gasteiger partial charge in [-0.2, -0.15) is 5.26 Å². The third-order valence-corrected chi connectivity index (χ3v) is 2.15. The van der Waals surface area contributed by atoms with Gasteiger partial charge in [0.1, 0.15) is 6.07 Å². The van der Waals surface area contributed by atoms with E-state index in [9.17, 15) is 9.59 Å². The second kappa shape index (κ2) is 6.40. The van der Waals surface area contributed by atoms with Crippen LogP contribution in [0.1, 0.15) is 25.5 Å². The summed E-state index contributed by atoms with van der Waals surface area (Å²) >= 11 is 0. The van der Waals surface area contributed by atoms with Crippen LogP contribution in [0.25, 0.3) is 0 Å². The monoisotopic (exact) mass is 263 g/mol. The Hall–Kier alpha value is -2.55. The van der Waals surface area contributed by atoms with Crippen LogP contribution < -0.4 is 9.47 Å². The van der Waals surface area contributed by atoms with Crippen molar-refractivity contribution in [2.45, 2.75) is 20.0 Å². The molecule has 0 saturated carbocycles. The van der Waals surface area contributed by atoms with Crippen molar-refractivity contribution < 1.29 is 23.8 Å². The number of ether oxygens (including phenoxy) is 3. The third-order valence-electron chi connectivity index (χ3n) is 2.15. The molecule has 0 spiro atoms. The van der Waals surface area contributed by atoms with Crippen LogP contribution in [0, 0.1) is 11.3 Å². The molecule has 0 aliphatic carbocycles. The molecule has 1 aromatic rings. The maximum absolute atomic E-state index is 11.0. The van der Waals surface area contributed by atoms with Gasteiger partial charge in [-0.3, -0.25) is 9.59 Å². The first kappa shape index (κ1) is 14.5. The predicted molar refractivity (Wildman–Crippen MR) is 64.4 cm³/mol. The normalized spacial score (nSPS) is 11.1. The van der Waals surface area contributed by atoms with E-state index in [1.54, 1.807) is 6.07 Å². The number of methoxy groups -OCH3 is 1. The highest BCUT2D eigenvalue weighted by atomic mass is 16.6. The Kier molecular flexibility index (Phi) is 4.89. The van der Waals surface area contributed by atoms with Crippen LogP contribution in [0.15, 0.2) is 18.2 Å². The van der Waals surface area contributed by atoms with E-state index >= 15 is 0 Å². The molecule has 0 aliphatic heterocycles. The van der Waals surface area contributed by atoms with Gasteiger partial charge in [-0.25, -0.2) is 0 Å². The molecule has 0 fully saturated rings. The molecule has 0 radical (unpaired) electrons. The molecular weight excluding hydrogens is 250 g/mol. The van der Waals surface area contributed by atoms with E-state index in [0.717, 1.165) is 0 Å². The van der Waals surface area contributed by atoms with Gasteiger partial charge in [0.15, 0.2) is 11.5 Å². The summed E-state index contributed by atoms with van der Waals surface area (Å²) in [6.07, 6.45) is -1.06. The number of hydrogen-bond donors (Lipinski definition) is 0. The van der Waals surface area contributed by atoms with Gasteiger partial charge in [0.25, 0.3) is 0 Å². The molecule has 1 atom stereocenters. The van der Waals surface area contributed by atoms with E-state index in [0.29, 0.717) is 11.3 Å². The molecule has 0 unspecified atom stereocenters. The second-order valence-corrected chi connectivity index (χ2v) is 3.62. The highest BCUT2D eigenvalue weighted by molar-refractivity contribution is 5.70. The maximum atomic E-state index is 11.0. The van der Waals surface area contributed by atoms with Crippen LogP contribution in [-0.4, -0.2) is 19.0 Å². The zero-order valence-electron chi connectivity index (χ0n) is 10.8. The SMILES string of the molecule is COc1ccc([C@H](C#N)OC(C)=O)cc1OC(C)=O. The van der Waals surface area contributed by atoms with Gasteiger partial charge in [-0.1, -0.05) is 6.07 Å².